The van der Waals surface area contributed by atoms with Gasteiger partial charge in [0.15, 0.2) is 0 Å². The molecule has 0 aliphatic rings. The van der Waals surface area contributed by atoms with Crippen LogP contribution in [0.5, 0.6) is 0 Å². The molecule has 4 heteroatoms. The lowest BCUT2D eigenvalue weighted by molar-refractivity contribution is 0.00954. The topological polar surface area (TPSA) is 40.5 Å². The highest BCUT2D eigenvalue weighted by Gasteiger charge is 2.19. The zero-order valence-corrected chi connectivity index (χ0v) is 11.5. The van der Waals surface area contributed by atoms with Gasteiger partial charge in [-0.15, -0.1) is 0 Å². The average molecular weight is 277 g/mol. The lowest BCUT2D eigenvalue weighted by Gasteiger charge is -2.21. The van der Waals surface area contributed by atoms with E-state index in [9.17, 15) is 10.2 Å². The number of rotatable bonds is 5. The molecule has 3 unspecified atom stereocenters. The first-order valence-electron chi connectivity index (χ1n) is 5.76. The van der Waals surface area contributed by atoms with Crippen LogP contribution in [0.25, 0.3) is 0 Å². The Morgan fingerprint density at radius 1 is 1.18 bits per heavy atom. The Kier molecular flexibility index (Phi) is 5.74. The molecule has 1 rings (SSSR count). The van der Waals surface area contributed by atoms with Crippen molar-refractivity contribution in [2.24, 2.45) is 0 Å². The van der Waals surface area contributed by atoms with Crippen LogP contribution in [0.4, 0.5) is 0 Å². The maximum Gasteiger partial charge on any atom is 0.0804 e. The van der Waals surface area contributed by atoms with Gasteiger partial charge in [0, 0.05) is 10.0 Å². The molecule has 0 radical (unpaired) electrons. The van der Waals surface area contributed by atoms with E-state index in [4.69, 9.17) is 23.2 Å². The van der Waals surface area contributed by atoms with Crippen molar-refractivity contribution in [1.29, 1.82) is 0 Å². The molecule has 17 heavy (non-hydrogen) atoms. The molecule has 0 aliphatic carbocycles. The Labute approximate surface area is 112 Å². The predicted octanol–water partition coefficient (Wildman–Crippen LogP) is 3.62. The van der Waals surface area contributed by atoms with Crippen LogP contribution in [0.2, 0.25) is 10.0 Å². The normalized spacial score (nSPS) is 16.6. The number of halogens is 2. The Morgan fingerprint density at radius 2 is 1.82 bits per heavy atom. The third-order valence-corrected chi connectivity index (χ3v) is 3.51. The first kappa shape index (κ1) is 14.8. The minimum Gasteiger partial charge on any atom is -0.390 e. The third kappa shape index (κ3) is 4.14. The zero-order valence-electron chi connectivity index (χ0n) is 10.0. The van der Waals surface area contributed by atoms with Gasteiger partial charge in [-0.25, -0.2) is 0 Å². The molecule has 0 heterocycles. The number of aliphatic hydroxyl groups is 2. The van der Waals surface area contributed by atoms with E-state index in [2.05, 4.69) is 0 Å². The van der Waals surface area contributed by atoms with Gasteiger partial charge in [0.2, 0.25) is 0 Å². The van der Waals surface area contributed by atoms with Crippen molar-refractivity contribution in [1.82, 2.24) is 0 Å². The van der Waals surface area contributed by atoms with E-state index < -0.39 is 12.2 Å². The van der Waals surface area contributed by atoms with E-state index in [1.807, 2.05) is 19.9 Å². The highest BCUT2D eigenvalue weighted by Crippen LogP contribution is 2.30. The van der Waals surface area contributed by atoms with Gasteiger partial charge >= 0.3 is 0 Å². The molecule has 0 aromatic heterocycles. The van der Waals surface area contributed by atoms with Crippen molar-refractivity contribution in [3.63, 3.8) is 0 Å². The largest absolute Gasteiger partial charge is 0.390 e. The van der Waals surface area contributed by atoms with Crippen LogP contribution in [0.3, 0.4) is 0 Å². The van der Waals surface area contributed by atoms with Crippen molar-refractivity contribution in [2.75, 3.05) is 0 Å². The van der Waals surface area contributed by atoms with Crippen LogP contribution in [0, 0.1) is 0 Å². The zero-order chi connectivity index (χ0) is 13.0. The lowest BCUT2D eigenvalue weighted by atomic mass is 9.92. The summed E-state index contributed by atoms with van der Waals surface area (Å²) < 4.78 is 0. The first-order valence-corrected chi connectivity index (χ1v) is 6.52. The molecule has 0 spiro atoms. The summed E-state index contributed by atoms with van der Waals surface area (Å²) in [5.74, 6) is 0.0796. The lowest BCUT2D eigenvalue weighted by Crippen LogP contribution is -2.26. The van der Waals surface area contributed by atoms with Gasteiger partial charge in [0.05, 0.1) is 12.2 Å². The van der Waals surface area contributed by atoms with Gasteiger partial charge in [-0.2, -0.15) is 0 Å². The van der Waals surface area contributed by atoms with Crippen molar-refractivity contribution in [3.05, 3.63) is 33.8 Å². The molecule has 0 fully saturated rings. The SMILES string of the molecule is CCC(O)C(O)CC(C)c1ccc(Cl)cc1Cl. The molecule has 3 atom stereocenters. The fraction of sp³-hybridized carbons (Fsp3) is 0.538. The van der Waals surface area contributed by atoms with E-state index >= 15 is 0 Å². The Bertz CT molecular complexity index is 368. The minimum absolute atomic E-state index is 0.0796. The van der Waals surface area contributed by atoms with E-state index in [0.29, 0.717) is 22.9 Å². The van der Waals surface area contributed by atoms with Gasteiger partial charge in [-0.1, -0.05) is 43.1 Å². The van der Waals surface area contributed by atoms with Crippen LogP contribution in [-0.4, -0.2) is 22.4 Å². The molecule has 0 aliphatic heterocycles. The van der Waals surface area contributed by atoms with Gasteiger partial charge < -0.3 is 10.2 Å². The van der Waals surface area contributed by atoms with E-state index in [1.54, 1.807) is 12.1 Å². The number of hydrogen-bond acceptors (Lipinski definition) is 2. The summed E-state index contributed by atoms with van der Waals surface area (Å²) in [6.07, 6.45) is -0.372. The summed E-state index contributed by atoms with van der Waals surface area (Å²) in [6, 6.07) is 5.33. The van der Waals surface area contributed by atoms with Gasteiger partial charge in [-0.3, -0.25) is 0 Å². The first-order chi connectivity index (χ1) is 7.95. The Balaban J connectivity index is 2.72. The second-order valence-corrected chi connectivity index (χ2v) is 5.19. The molecule has 2 N–H and O–H groups in total. The highest BCUT2D eigenvalue weighted by molar-refractivity contribution is 6.35. The quantitative estimate of drug-likeness (QED) is 0.863. The molecular weight excluding hydrogens is 259 g/mol. The average Bonchev–Trinajstić information content (AvgIpc) is 2.27. The second-order valence-electron chi connectivity index (χ2n) is 4.35. The van der Waals surface area contributed by atoms with E-state index in [1.165, 1.54) is 0 Å². The minimum atomic E-state index is -0.721. The Morgan fingerprint density at radius 3 is 2.35 bits per heavy atom. The van der Waals surface area contributed by atoms with Gasteiger partial charge in [0.1, 0.15) is 0 Å². The van der Waals surface area contributed by atoms with Crippen molar-refractivity contribution in [2.45, 2.75) is 44.8 Å². The van der Waals surface area contributed by atoms with Crippen LogP contribution >= 0.6 is 23.2 Å². The Hall–Kier alpha value is -0.280. The number of hydrogen-bond donors (Lipinski definition) is 2. The summed E-state index contributed by atoms with van der Waals surface area (Å²) in [5.41, 5.74) is 0.943. The fourth-order valence-electron chi connectivity index (χ4n) is 1.82. The third-order valence-electron chi connectivity index (χ3n) is 2.95. The predicted molar refractivity (Wildman–Crippen MR) is 71.8 cm³/mol. The van der Waals surface area contributed by atoms with Crippen LogP contribution in [0.1, 0.15) is 38.2 Å². The van der Waals surface area contributed by atoms with Crippen LogP contribution in [0.15, 0.2) is 18.2 Å². The van der Waals surface area contributed by atoms with Crippen LogP contribution < -0.4 is 0 Å². The van der Waals surface area contributed by atoms with Crippen LogP contribution in [-0.2, 0) is 0 Å². The maximum atomic E-state index is 9.78. The summed E-state index contributed by atoms with van der Waals surface area (Å²) in [7, 11) is 0. The molecule has 2 nitrogen and oxygen atoms in total. The highest BCUT2D eigenvalue weighted by atomic mass is 35.5. The van der Waals surface area contributed by atoms with Gasteiger partial charge in [0.25, 0.3) is 0 Å². The van der Waals surface area contributed by atoms with E-state index in [-0.39, 0.29) is 5.92 Å². The maximum absolute atomic E-state index is 9.78. The van der Waals surface area contributed by atoms with Crippen molar-refractivity contribution >= 4 is 23.2 Å². The van der Waals surface area contributed by atoms with Crippen molar-refractivity contribution in [3.8, 4) is 0 Å². The number of aliphatic hydroxyl groups excluding tert-OH is 2. The molecule has 1 aromatic rings. The van der Waals surface area contributed by atoms with Crippen molar-refractivity contribution < 1.29 is 10.2 Å². The van der Waals surface area contributed by atoms with E-state index in [0.717, 1.165) is 5.56 Å². The fourth-order valence-corrected chi connectivity index (χ4v) is 2.41. The summed E-state index contributed by atoms with van der Waals surface area (Å²) in [5, 5.41) is 20.5. The monoisotopic (exact) mass is 276 g/mol. The summed E-state index contributed by atoms with van der Waals surface area (Å²) >= 11 is 11.9. The number of benzene rings is 1. The molecule has 0 saturated carbocycles. The summed E-state index contributed by atoms with van der Waals surface area (Å²) in [4.78, 5) is 0. The molecule has 0 bridgehead atoms. The second kappa shape index (κ2) is 6.60. The standard InChI is InChI=1S/C13H18Cl2O2/c1-3-12(16)13(17)6-8(2)10-5-4-9(14)7-11(10)15/h4-5,7-8,12-13,16-17H,3,6H2,1-2H3. The molecule has 96 valence electrons. The molecular formula is C13H18Cl2O2. The van der Waals surface area contributed by atoms with Gasteiger partial charge in [-0.05, 0) is 36.5 Å². The molecule has 0 saturated heterocycles. The summed E-state index contributed by atoms with van der Waals surface area (Å²) in [6.45, 7) is 3.81. The smallest absolute Gasteiger partial charge is 0.0804 e. The molecule has 1 aromatic carbocycles. The molecule has 0 amide bonds.